The lowest BCUT2D eigenvalue weighted by atomic mass is 10.2. The first-order valence-electron chi connectivity index (χ1n) is 7.01. The van der Waals surface area contributed by atoms with Crippen molar-refractivity contribution in [2.75, 3.05) is 7.11 Å². The molecule has 2 heterocycles. The molecule has 1 unspecified atom stereocenters. The Morgan fingerprint density at radius 2 is 1.92 bits per heavy atom. The highest BCUT2D eigenvalue weighted by Crippen LogP contribution is 2.36. The normalized spacial score (nSPS) is 12.1. The van der Waals surface area contributed by atoms with Gasteiger partial charge in [0.15, 0.2) is 0 Å². The first kappa shape index (κ1) is 16.8. The van der Waals surface area contributed by atoms with Crippen LogP contribution in [0.15, 0.2) is 54.9 Å². The number of methoxy groups -OCH3 is 1. The third-order valence-electron chi connectivity index (χ3n) is 3.19. The fourth-order valence-electron chi connectivity index (χ4n) is 1.96. The van der Waals surface area contributed by atoms with Gasteiger partial charge in [0.05, 0.1) is 12.4 Å². The van der Waals surface area contributed by atoms with Crippen molar-refractivity contribution in [3.8, 4) is 11.5 Å². The van der Waals surface area contributed by atoms with Crippen molar-refractivity contribution in [3.63, 3.8) is 0 Å². The number of hydrogen-bond donors (Lipinski definition) is 0. The van der Waals surface area contributed by atoms with E-state index in [1.165, 1.54) is 18.9 Å². The standard InChI is InChI=1S/C16H13BrN2O4S/c1-9(12-7-8-13(22-12)15(20)21-2)24-16-19-18-14(23-16)10-3-5-11(17)6-4-10/h3-9H,1-2H3. The first-order chi connectivity index (χ1) is 11.6. The second-order valence-corrected chi connectivity index (χ2v) is 7.04. The van der Waals surface area contributed by atoms with Gasteiger partial charge >= 0.3 is 5.97 Å². The topological polar surface area (TPSA) is 78.4 Å². The van der Waals surface area contributed by atoms with Crippen LogP contribution in [0.2, 0.25) is 0 Å². The second kappa shape index (κ2) is 7.23. The molecule has 0 fully saturated rings. The van der Waals surface area contributed by atoms with Gasteiger partial charge in [0.1, 0.15) is 5.76 Å². The zero-order valence-electron chi connectivity index (χ0n) is 12.9. The van der Waals surface area contributed by atoms with E-state index in [4.69, 9.17) is 8.83 Å². The fraction of sp³-hybridized carbons (Fsp3) is 0.188. The van der Waals surface area contributed by atoms with Crippen LogP contribution in [0.4, 0.5) is 0 Å². The Kier molecular flexibility index (Phi) is 5.06. The highest BCUT2D eigenvalue weighted by molar-refractivity contribution is 9.10. The summed E-state index contributed by atoms with van der Waals surface area (Å²) >= 11 is 4.74. The molecule has 0 N–H and O–H groups in total. The van der Waals surface area contributed by atoms with Crippen LogP contribution in [0.3, 0.4) is 0 Å². The molecule has 0 aliphatic carbocycles. The summed E-state index contributed by atoms with van der Waals surface area (Å²) < 4.78 is 16.8. The summed E-state index contributed by atoms with van der Waals surface area (Å²) in [4.78, 5) is 11.4. The van der Waals surface area contributed by atoms with Crippen LogP contribution in [-0.4, -0.2) is 23.3 Å². The van der Waals surface area contributed by atoms with Crippen LogP contribution < -0.4 is 0 Å². The first-order valence-corrected chi connectivity index (χ1v) is 8.68. The van der Waals surface area contributed by atoms with Crippen molar-refractivity contribution in [2.24, 2.45) is 0 Å². The van der Waals surface area contributed by atoms with Crippen LogP contribution in [0.5, 0.6) is 0 Å². The average Bonchev–Trinajstić information content (AvgIpc) is 3.24. The van der Waals surface area contributed by atoms with E-state index >= 15 is 0 Å². The van der Waals surface area contributed by atoms with Gasteiger partial charge in [-0.05, 0) is 43.3 Å². The predicted octanol–water partition coefficient (Wildman–Crippen LogP) is 4.73. The van der Waals surface area contributed by atoms with Gasteiger partial charge in [-0.3, -0.25) is 0 Å². The molecule has 0 spiro atoms. The molecule has 1 aromatic carbocycles. The molecule has 0 radical (unpaired) electrons. The minimum absolute atomic E-state index is 0.0957. The molecular formula is C16H13BrN2O4S. The van der Waals surface area contributed by atoms with Crippen molar-refractivity contribution < 1.29 is 18.4 Å². The molecule has 6 nitrogen and oxygen atoms in total. The van der Waals surface area contributed by atoms with Gasteiger partial charge in [-0.25, -0.2) is 4.79 Å². The maximum absolute atomic E-state index is 11.4. The van der Waals surface area contributed by atoms with Crippen molar-refractivity contribution in [1.29, 1.82) is 0 Å². The van der Waals surface area contributed by atoms with E-state index in [9.17, 15) is 4.79 Å². The summed E-state index contributed by atoms with van der Waals surface area (Å²) in [6.45, 7) is 1.92. The number of benzene rings is 1. The minimum atomic E-state index is -0.506. The predicted molar refractivity (Wildman–Crippen MR) is 91.8 cm³/mol. The van der Waals surface area contributed by atoms with Crippen molar-refractivity contribution in [2.45, 2.75) is 17.4 Å². The second-order valence-electron chi connectivity index (χ2n) is 4.83. The molecule has 8 heteroatoms. The number of halogens is 1. The number of esters is 1. The number of rotatable bonds is 5. The smallest absolute Gasteiger partial charge is 0.373 e. The van der Waals surface area contributed by atoms with E-state index in [0.29, 0.717) is 16.9 Å². The fourth-order valence-corrected chi connectivity index (χ4v) is 2.98. The Morgan fingerprint density at radius 3 is 2.62 bits per heavy atom. The lowest BCUT2D eigenvalue weighted by Crippen LogP contribution is -1.98. The Bertz CT molecular complexity index is 844. The largest absolute Gasteiger partial charge is 0.463 e. The molecule has 1 atom stereocenters. The molecule has 3 rings (SSSR count). The monoisotopic (exact) mass is 408 g/mol. The van der Waals surface area contributed by atoms with Gasteiger partial charge in [0.25, 0.3) is 5.22 Å². The highest BCUT2D eigenvalue weighted by atomic mass is 79.9. The van der Waals surface area contributed by atoms with Crippen LogP contribution >= 0.6 is 27.7 Å². The van der Waals surface area contributed by atoms with Gasteiger partial charge < -0.3 is 13.6 Å². The number of thioether (sulfide) groups is 1. The number of carbonyl (C=O) groups excluding carboxylic acids is 1. The number of nitrogens with zero attached hydrogens (tertiary/aromatic N) is 2. The molecule has 0 saturated heterocycles. The Morgan fingerprint density at radius 1 is 1.17 bits per heavy atom. The zero-order valence-corrected chi connectivity index (χ0v) is 15.3. The van der Waals surface area contributed by atoms with E-state index in [0.717, 1.165) is 10.0 Å². The molecule has 24 heavy (non-hydrogen) atoms. The third-order valence-corrected chi connectivity index (χ3v) is 4.67. The maximum Gasteiger partial charge on any atom is 0.373 e. The number of hydrogen-bond acceptors (Lipinski definition) is 7. The average molecular weight is 409 g/mol. The summed E-state index contributed by atoms with van der Waals surface area (Å²) in [5.74, 6) is 0.741. The van der Waals surface area contributed by atoms with Gasteiger partial charge in [-0.15, -0.1) is 10.2 Å². The molecular weight excluding hydrogens is 396 g/mol. The maximum atomic E-state index is 11.4. The van der Waals surface area contributed by atoms with Gasteiger partial charge in [0.2, 0.25) is 11.7 Å². The summed E-state index contributed by atoms with van der Waals surface area (Å²) in [6.07, 6.45) is 0. The van der Waals surface area contributed by atoms with E-state index in [2.05, 4.69) is 30.9 Å². The number of carbonyl (C=O) groups is 1. The van der Waals surface area contributed by atoms with Crippen LogP contribution in [0, 0.1) is 0 Å². The molecule has 0 aliphatic rings. The van der Waals surface area contributed by atoms with Crippen LogP contribution in [0.25, 0.3) is 11.5 Å². The molecule has 3 aromatic rings. The van der Waals surface area contributed by atoms with E-state index in [1.54, 1.807) is 12.1 Å². The third kappa shape index (κ3) is 3.70. The lowest BCUT2D eigenvalue weighted by molar-refractivity contribution is 0.0563. The summed E-state index contributed by atoms with van der Waals surface area (Å²) in [7, 11) is 1.31. The summed E-state index contributed by atoms with van der Waals surface area (Å²) in [6, 6.07) is 10.9. The molecule has 0 aliphatic heterocycles. The van der Waals surface area contributed by atoms with Gasteiger partial charge in [-0.2, -0.15) is 0 Å². The minimum Gasteiger partial charge on any atom is -0.463 e. The molecule has 124 valence electrons. The zero-order chi connectivity index (χ0) is 17.1. The highest BCUT2D eigenvalue weighted by Gasteiger charge is 2.19. The van der Waals surface area contributed by atoms with Gasteiger partial charge in [-0.1, -0.05) is 27.7 Å². The van der Waals surface area contributed by atoms with Gasteiger partial charge in [0, 0.05) is 10.0 Å². The van der Waals surface area contributed by atoms with Crippen LogP contribution in [0.1, 0.15) is 28.5 Å². The lowest BCUT2D eigenvalue weighted by Gasteiger charge is -2.04. The SMILES string of the molecule is COC(=O)c1ccc(C(C)Sc2nnc(-c3ccc(Br)cc3)o2)o1. The van der Waals surface area contributed by atoms with Crippen molar-refractivity contribution >= 4 is 33.7 Å². The van der Waals surface area contributed by atoms with E-state index in [1.807, 2.05) is 31.2 Å². The Labute approximate surface area is 150 Å². The molecule has 0 bridgehead atoms. The van der Waals surface area contributed by atoms with Crippen molar-refractivity contribution in [3.05, 3.63) is 52.4 Å². The number of furan rings is 1. The van der Waals surface area contributed by atoms with E-state index < -0.39 is 5.97 Å². The van der Waals surface area contributed by atoms with E-state index in [-0.39, 0.29) is 11.0 Å². The molecule has 0 amide bonds. The quantitative estimate of drug-likeness (QED) is 0.445. The molecule has 0 saturated carbocycles. The molecule has 2 aromatic heterocycles. The number of ether oxygens (including phenoxy) is 1. The summed E-state index contributed by atoms with van der Waals surface area (Å²) in [5, 5.41) is 8.42. The Hall–Kier alpha value is -2.06. The summed E-state index contributed by atoms with van der Waals surface area (Å²) in [5.41, 5.74) is 0.844. The van der Waals surface area contributed by atoms with Crippen LogP contribution in [-0.2, 0) is 4.74 Å². The van der Waals surface area contributed by atoms with Crippen molar-refractivity contribution in [1.82, 2.24) is 10.2 Å². The number of aromatic nitrogens is 2. The Balaban J connectivity index is 1.71.